The second-order valence-electron chi connectivity index (χ2n) is 4.45. The molecule has 4 heteroatoms. The standard InChI is InChI=1S/C16H17NO3/c1-11(18)15-9-13(17)5-8-16(15)20-10-12-3-6-14(19-2)7-4-12/h3-9H,10,17H2,1-2H3. The maximum absolute atomic E-state index is 11.6. The van der Waals surface area contributed by atoms with Crippen molar-refractivity contribution in [1.82, 2.24) is 0 Å². The Morgan fingerprint density at radius 3 is 2.45 bits per heavy atom. The van der Waals surface area contributed by atoms with Crippen molar-refractivity contribution in [2.45, 2.75) is 13.5 Å². The molecule has 0 bridgehead atoms. The Morgan fingerprint density at radius 2 is 1.85 bits per heavy atom. The van der Waals surface area contributed by atoms with E-state index in [1.165, 1.54) is 6.92 Å². The quantitative estimate of drug-likeness (QED) is 0.670. The lowest BCUT2D eigenvalue weighted by Gasteiger charge is -2.11. The van der Waals surface area contributed by atoms with Gasteiger partial charge in [0.25, 0.3) is 0 Å². The molecule has 0 saturated carbocycles. The fraction of sp³-hybridized carbons (Fsp3) is 0.188. The number of methoxy groups -OCH3 is 1. The lowest BCUT2D eigenvalue weighted by molar-refractivity contribution is 0.101. The molecule has 0 atom stereocenters. The zero-order valence-corrected chi connectivity index (χ0v) is 11.6. The summed E-state index contributed by atoms with van der Waals surface area (Å²) >= 11 is 0. The van der Waals surface area contributed by atoms with Crippen LogP contribution in [0.1, 0.15) is 22.8 Å². The summed E-state index contributed by atoms with van der Waals surface area (Å²) < 4.78 is 10.8. The number of Topliss-reactive ketones (excluding diaryl/α,β-unsaturated/α-hetero) is 1. The topological polar surface area (TPSA) is 61.6 Å². The van der Waals surface area contributed by atoms with E-state index in [2.05, 4.69) is 0 Å². The van der Waals surface area contributed by atoms with Gasteiger partial charge in [0.15, 0.2) is 5.78 Å². The lowest BCUT2D eigenvalue weighted by atomic mass is 10.1. The average Bonchev–Trinajstić information content (AvgIpc) is 2.46. The van der Waals surface area contributed by atoms with Crippen molar-refractivity contribution in [3.8, 4) is 11.5 Å². The molecule has 2 rings (SSSR count). The van der Waals surface area contributed by atoms with E-state index in [1.807, 2.05) is 24.3 Å². The van der Waals surface area contributed by atoms with Crippen molar-refractivity contribution in [3.05, 3.63) is 53.6 Å². The fourth-order valence-electron chi connectivity index (χ4n) is 1.83. The number of carbonyl (C=O) groups excluding carboxylic acids is 1. The van der Waals surface area contributed by atoms with Crippen LogP contribution < -0.4 is 15.2 Å². The monoisotopic (exact) mass is 271 g/mol. The molecule has 0 aliphatic carbocycles. The molecule has 2 N–H and O–H groups in total. The second-order valence-corrected chi connectivity index (χ2v) is 4.45. The van der Waals surface area contributed by atoms with Crippen LogP contribution in [0.25, 0.3) is 0 Å². The van der Waals surface area contributed by atoms with Gasteiger partial charge in [-0.15, -0.1) is 0 Å². The van der Waals surface area contributed by atoms with Gasteiger partial charge in [0.1, 0.15) is 18.1 Å². The fourth-order valence-corrected chi connectivity index (χ4v) is 1.83. The van der Waals surface area contributed by atoms with Gasteiger partial charge in [-0.1, -0.05) is 12.1 Å². The molecule has 0 unspecified atom stereocenters. The number of nitrogen functional groups attached to an aromatic ring is 1. The van der Waals surface area contributed by atoms with Crippen LogP contribution in [0.5, 0.6) is 11.5 Å². The number of carbonyl (C=O) groups is 1. The minimum Gasteiger partial charge on any atom is -0.497 e. The van der Waals surface area contributed by atoms with Crippen LogP contribution in [0.2, 0.25) is 0 Å². The summed E-state index contributed by atoms with van der Waals surface area (Å²) in [5.74, 6) is 1.27. The molecule has 0 amide bonds. The highest BCUT2D eigenvalue weighted by atomic mass is 16.5. The van der Waals surface area contributed by atoms with Gasteiger partial charge < -0.3 is 15.2 Å². The Kier molecular flexibility index (Phi) is 4.25. The molecule has 0 heterocycles. The molecule has 0 spiro atoms. The van der Waals surface area contributed by atoms with Crippen LogP contribution in [-0.4, -0.2) is 12.9 Å². The number of ether oxygens (including phenoxy) is 2. The molecule has 2 aromatic rings. The van der Waals surface area contributed by atoms with E-state index >= 15 is 0 Å². The van der Waals surface area contributed by atoms with Crippen molar-refractivity contribution in [3.63, 3.8) is 0 Å². The number of nitrogens with two attached hydrogens (primary N) is 1. The molecule has 0 fully saturated rings. The number of ketones is 1. The summed E-state index contributed by atoms with van der Waals surface area (Å²) in [6.45, 7) is 1.88. The third kappa shape index (κ3) is 3.29. The van der Waals surface area contributed by atoms with E-state index in [0.29, 0.717) is 23.6 Å². The van der Waals surface area contributed by atoms with Gasteiger partial charge in [0, 0.05) is 5.69 Å². The average molecular weight is 271 g/mol. The Hall–Kier alpha value is -2.49. The first kappa shape index (κ1) is 13.9. The molecular weight excluding hydrogens is 254 g/mol. The van der Waals surface area contributed by atoms with E-state index in [9.17, 15) is 4.79 Å². The highest BCUT2D eigenvalue weighted by molar-refractivity contribution is 5.97. The maximum Gasteiger partial charge on any atom is 0.163 e. The van der Waals surface area contributed by atoms with Gasteiger partial charge in [-0.3, -0.25) is 4.79 Å². The Labute approximate surface area is 118 Å². The molecule has 0 radical (unpaired) electrons. The molecule has 2 aromatic carbocycles. The first-order valence-electron chi connectivity index (χ1n) is 6.26. The second kappa shape index (κ2) is 6.10. The minimum absolute atomic E-state index is 0.0676. The van der Waals surface area contributed by atoms with E-state index in [-0.39, 0.29) is 5.78 Å². The van der Waals surface area contributed by atoms with Crippen molar-refractivity contribution in [1.29, 1.82) is 0 Å². The van der Waals surface area contributed by atoms with E-state index in [4.69, 9.17) is 15.2 Å². The Balaban J connectivity index is 2.12. The molecule has 0 aliphatic heterocycles. The highest BCUT2D eigenvalue weighted by Gasteiger charge is 2.09. The highest BCUT2D eigenvalue weighted by Crippen LogP contribution is 2.23. The van der Waals surface area contributed by atoms with E-state index in [0.717, 1.165) is 11.3 Å². The van der Waals surface area contributed by atoms with Gasteiger partial charge in [0.2, 0.25) is 0 Å². The summed E-state index contributed by atoms with van der Waals surface area (Å²) in [6.07, 6.45) is 0. The van der Waals surface area contributed by atoms with Crippen LogP contribution in [0.15, 0.2) is 42.5 Å². The lowest BCUT2D eigenvalue weighted by Crippen LogP contribution is -2.02. The molecular formula is C16H17NO3. The SMILES string of the molecule is COc1ccc(COc2ccc(N)cc2C(C)=O)cc1. The zero-order chi connectivity index (χ0) is 14.5. The van der Waals surface area contributed by atoms with Crippen LogP contribution in [0.4, 0.5) is 5.69 Å². The van der Waals surface area contributed by atoms with Gasteiger partial charge in [-0.2, -0.15) is 0 Å². The first-order valence-corrected chi connectivity index (χ1v) is 6.26. The van der Waals surface area contributed by atoms with E-state index in [1.54, 1.807) is 25.3 Å². The molecule has 4 nitrogen and oxygen atoms in total. The van der Waals surface area contributed by atoms with Crippen LogP contribution in [0, 0.1) is 0 Å². The van der Waals surface area contributed by atoms with Gasteiger partial charge in [-0.05, 0) is 42.8 Å². The van der Waals surface area contributed by atoms with Gasteiger partial charge in [0.05, 0.1) is 12.7 Å². The van der Waals surface area contributed by atoms with Crippen LogP contribution in [-0.2, 0) is 6.61 Å². The Morgan fingerprint density at radius 1 is 1.15 bits per heavy atom. The number of hydrogen-bond acceptors (Lipinski definition) is 4. The Bertz CT molecular complexity index is 606. The van der Waals surface area contributed by atoms with E-state index < -0.39 is 0 Å². The smallest absolute Gasteiger partial charge is 0.163 e. The summed E-state index contributed by atoms with van der Waals surface area (Å²) in [6, 6.07) is 12.6. The normalized spacial score (nSPS) is 10.1. The van der Waals surface area contributed by atoms with Crippen molar-refractivity contribution >= 4 is 11.5 Å². The third-order valence-corrected chi connectivity index (χ3v) is 2.94. The number of hydrogen-bond donors (Lipinski definition) is 1. The number of benzene rings is 2. The van der Waals surface area contributed by atoms with Gasteiger partial charge >= 0.3 is 0 Å². The zero-order valence-electron chi connectivity index (χ0n) is 11.6. The molecule has 104 valence electrons. The number of anilines is 1. The molecule has 0 saturated heterocycles. The number of rotatable bonds is 5. The van der Waals surface area contributed by atoms with Crippen molar-refractivity contribution in [2.24, 2.45) is 0 Å². The molecule has 0 aromatic heterocycles. The molecule has 0 aliphatic rings. The summed E-state index contributed by atoms with van der Waals surface area (Å²) in [4.78, 5) is 11.6. The van der Waals surface area contributed by atoms with Crippen LogP contribution in [0.3, 0.4) is 0 Å². The predicted molar refractivity (Wildman–Crippen MR) is 78.2 cm³/mol. The van der Waals surface area contributed by atoms with Crippen molar-refractivity contribution in [2.75, 3.05) is 12.8 Å². The summed E-state index contributed by atoms with van der Waals surface area (Å²) in [5, 5.41) is 0. The summed E-state index contributed by atoms with van der Waals surface area (Å²) in [5.41, 5.74) is 7.73. The maximum atomic E-state index is 11.6. The van der Waals surface area contributed by atoms with Gasteiger partial charge in [-0.25, -0.2) is 0 Å². The van der Waals surface area contributed by atoms with Crippen LogP contribution >= 0.6 is 0 Å². The first-order chi connectivity index (χ1) is 9.60. The molecule has 20 heavy (non-hydrogen) atoms. The third-order valence-electron chi connectivity index (χ3n) is 2.94. The largest absolute Gasteiger partial charge is 0.497 e. The summed E-state index contributed by atoms with van der Waals surface area (Å²) in [7, 11) is 1.62. The minimum atomic E-state index is -0.0676. The predicted octanol–water partition coefficient (Wildman–Crippen LogP) is 3.06. The van der Waals surface area contributed by atoms with Crippen molar-refractivity contribution < 1.29 is 14.3 Å².